The molecule has 3 N–H and O–H groups in total. The van der Waals surface area contributed by atoms with Crippen LogP contribution in [0.5, 0.6) is 11.5 Å². The molecule has 1 aromatic rings. The molecule has 102 valence electrons. The highest BCUT2D eigenvalue weighted by molar-refractivity contribution is 5.92. The first kappa shape index (κ1) is 13.0. The first-order valence-corrected chi connectivity index (χ1v) is 5.80. The average molecular weight is 266 g/mol. The number of rotatable bonds is 4. The maximum Gasteiger partial charge on any atom is 0.326 e. The van der Waals surface area contributed by atoms with Crippen LogP contribution in [-0.2, 0) is 4.79 Å². The van der Waals surface area contributed by atoms with Crippen molar-refractivity contribution < 1.29 is 24.2 Å². The summed E-state index contributed by atoms with van der Waals surface area (Å²) >= 11 is 0. The fourth-order valence-electron chi connectivity index (χ4n) is 1.64. The highest BCUT2D eigenvalue weighted by atomic mass is 16.7. The number of carboxylic acid groups (broad SMARTS) is 1. The molecule has 1 heterocycles. The van der Waals surface area contributed by atoms with Crippen molar-refractivity contribution >= 4 is 17.7 Å². The van der Waals surface area contributed by atoms with Gasteiger partial charge in [-0.1, -0.05) is 6.92 Å². The van der Waals surface area contributed by atoms with E-state index in [-0.39, 0.29) is 6.79 Å². The first-order chi connectivity index (χ1) is 9.10. The predicted molar refractivity (Wildman–Crippen MR) is 66.4 cm³/mol. The number of fused-ring (bicyclic) bond motifs is 1. The van der Waals surface area contributed by atoms with Crippen LogP contribution in [0.1, 0.15) is 13.3 Å². The fraction of sp³-hybridized carbons (Fsp3) is 0.333. The average Bonchev–Trinajstić information content (AvgIpc) is 2.82. The third kappa shape index (κ3) is 3.06. The SMILES string of the molecule is CC[C@@H](NC(=O)Nc1ccc2c(c1)OCO2)C(=O)O. The molecular weight excluding hydrogens is 252 g/mol. The lowest BCUT2D eigenvalue weighted by molar-refractivity contribution is -0.139. The summed E-state index contributed by atoms with van der Waals surface area (Å²) in [5.74, 6) is 0.0920. The molecule has 0 fully saturated rings. The monoisotopic (exact) mass is 266 g/mol. The van der Waals surface area contributed by atoms with E-state index in [9.17, 15) is 9.59 Å². The zero-order valence-corrected chi connectivity index (χ0v) is 10.3. The molecule has 7 nitrogen and oxygen atoms in total. The summed E-state index contributed by atoms with van der Waals surface area (Å²) in [5, 5.41) is 13.7. The van der Waals surface area contributed by atoms with Gasteiger partial charge in [0, 0.05) is 11.8 Å². The van der Waals surface area contributed by atoms with E-state index in [1.54, 1.807) is 25.1 Å². The highest BCUT2D eigenvalue weighted by Crippen LogP contribution is 2.34. The number of hydrogen-bond donors (Lipinski definition) is 3. The van der Waals surface area contributed by atoms with E-state index in [4.69, 9.17) is 14.6 Å². The fourth-order valence-corrected chi connectivity index (χ4v) is 1.64. The summed E-state index contributed by atoms with van der Waals surface area (Å²) in [6, 6.07) is 3.45. The van der Waals surface area contributed by atoms with Gasteiger partial charge in [0.05, 0.1) is 0 Å². The van der Waals surface area contributed by atoms with E-state index in [1.807, 2.05) is 0 Å². The molecule has 1 aliphatic rings. The van der Waals surface area contributed by atoms with Gasteiger partial charge in [-0.05, 0) is 18.6 Å². The van der Waals surface area contributed by atoms with Gasteiger partial charge in [-0.2, -0.15) is 0 Å². The topological polar surface area (TPSA) is 96.9 Å². The van der Waals surface area contributed by atoms with E-state index in [2.05, 4.69) is 10.6 Å². The molecule has 19 heavy (non-hydrogen) atoms. The zero-order valence-electron chi connectivity index (χ0n) is 10.3. The van der Waals surface area contributed by atoms with E-state index in [1.165, 1.54) is 0 Å². The highest BCUT2D eigenvalue weighted by Gasteiger charge is 2.18. The van der Waals surface area contributed by atoms with Gasteiger partial charge in [-0.15, -0.1) is 0 Å². The molecule has 0 saturated heterocycles. The summed E-state index contributed by atoms with van der Waals surface area (Å²) < 4.78 is 10.3. The molecule has 0 bridgehead atoms. The molecule has 1 aromatic carbocycles. The molecule has 0 spiro atoms. The van der Waals surface area contributed by atoms with Gasteiger partial charge in [0.15, 0.2) is 11.5 Å². The lowest BCUT2D eigenvalue weighted by Crippen LogP contribution is -2.42. The van der Waals surface area contributed by atoms with Gasteiger partial charge in [0.2, 0.25) is 6.79 Å². The number of benzene rings is 1. The van der Waals surface area contributed by atoms with Crippen LogP contribution >= 0.6 is 0 Å². The number of aliphatic carboxylic acids is 1. The van der Waals surface area contributed by atoms with Crippen LogP contribution in [0, 0.1) is 0 Å². The van der Waals surface area contributed by atoms with E-state index in [0.29, 0.717) is 23.6 Å². The quantitative estimate of drug-likeness (QED) is 0.765. The Balaban J connectivity index is 1.97. The largest absolute Gasteiger partial charge is 0.480 e. The van der Waals surface area contributed by atoms with Crippen LogP contribution in [-0.4, -0.2) is 29.9 Å². The number of nitrogens with one attached hydrogen (secondary N) is 2. The maximum atomic E-state index is 11.6. The van der Waals surface area contributed by atoms with Gasteiger partial charge in [0.1, 0.15) is 6.04 Å². The van der Waals surface area contributed by atoms with Gasteiger partial charge >= 0.3 is 12.0 Å². The normalized spacial score (nSPS) is 13.7. The summed E-state index contributed by atoms with van der Waals surface area (Å²) in [5.41, 5.74) is 0.502. The number of carbonyl (C=O) groups excluding carboxylic acids is 1. The van der Waals surface area contributed by atoms with Crippen molar-refractivity contribution in [3.8, 4) is 11.5 Å². The summed E-state index contributed by atoms with van der Waals surface area (Å²) in [6.45, 7) is 1.83. The molecule has 2 rings (SSSR count). The zero-order chi connectivity index (χ0) is 13.8. The van der Waals surface area contributed by atoms with Crippen molar-refractivity contribution in [3.05, 3.63) is 18.2 Å². The second-order valence-corrected chi connectivity index (χ2v) is 3.97. The molecular formula is C12H14N2O5. The van der Waals surface area contributed by atoms with Crippen molar-refractivity contribution in [3.63, 3.8) is 0 Å². The van der Waals surface area contributed by atoms with E-state index in [0.717, 1.165) is 0 Å². The molecule has 0 radical (unpaired) electrons. The summed E-state index contributed by atoms with van der Waals surface area (Å²) in [4.78, 5) is 22.4. The Morgan fingerprint density at radius 3 is 2.79 bits per heavy atom. The van der Waals surface area contributed by atoms with Crippen LogP contribution in [0.15, 0.2) is 18.2 Å². The Labute approximate surface area is 109 Å². The third-order valence-electron chi connectivity index (χ3n) is 2.64. The Kier molecular flexibility index (Phi) is 3.74. The molecule has 0 aliphatic carbocycles. The van der Waals surface area contributed by atoms with Crippen molar-refractivity contribution in [1.29, 1.82) is 0 Å². The molecule has 1 atom stereocenters. The molecule has 0 aromatic heterocycles. The Morgan fingerprint density at radius 2 is 2.11 bits per heavy atom. The minimum atomic E-state index is -1.07. The number of carboxylic acids is 1. The minimum Gasteiger partial charge on any atom is -0.480 e. The smallest absolute Gasteiger partial charge is 0.326 e. The molecule has 7 heteroatoms. The Hall–Kier alpha value is -2.44. The summed E-state index contributed by atoms with van der Waals surface area (Å²) in [7, 11) is 0. The predicted octanol–water partition coefficient (Wildman–Crippen LogP) is 1.40. The Morgan fingerprint density at radius 1 is 1.37 bits per heavy atom. The van der Waals surface area contributed by atoms with E-state index < -0.39 is 18.0 Å². The Bertz CT molecular complexity index is 503. The van der Waals surface area contributed by atoms with Gasteiger partial charge in [0.25, 0.3) is 0 Å². The summed E-state index contributed by atoms with van der Waals surface area (Å²) in [6.07, 6.45) is 0.309. The number of urea groups is 1. The number of carbonyl (C=O) groups is 2. The molecule has 2 amide bonds. The number of ether oxygens (including phenoxy) is 2. The number of hydrogen-bond acceptors (Lipinski definition) is 4. The third-order valence-corrected chi connectivity index (χ3v) is 2.64. The van der Waals surface area contributed by atoms with Crippen LogP contribution in [0.3, 0.4) is 0 Å². The van der Waals surface area contributed by atoms with Crippen molar-refractivity contribution in [2.24, 2.45) is 0 Å². The molecule has 0 unspecified atom stereocenters. The van der Waals surface area contributed by atoms with Crippen LogP contribution in [0.2, 0.25) is 0 Å². The molecule has 0 saturated carbocycles. The standard InChI is InChI=1S/C12H14N2O5/c1-2-8(11(15)16)14-12(17)13-7-3-4-9-10(5-7)19-6-18-9/h3-5,8H,2,6H2,1H3,(H,15,16)(H2,13,14,17)/t8-/m1/s1. The van der Waals surface area contributed by atoms with Crippen molar-refractivity contribution in [2.45, 2.75) is 19.4 Å². The van der Waals surface area contributed by atoms with Gasteiger partial charge in [-0.3, -0.25) is 0 Å². The van der Waals surface area contributed by atoms with Gasteiger partial charge < -0.3 is 25.2 Å². The van der Waals surface area contributed by atoms with Gasteiger partial charge in [-0.25, -0.2) is 9.59 Å². The van der Waals surface area contributed by atoms with Crippen LogP contribution in [0.25, 0.3) is 0 Å². The lowest BCUT2D eigenvalue weighted by Gasteiger charge is -2.13. The van der Waals surface area contributed by atoms with Crippen molar-refractivity contribution in [1.82, 2.24) is 5.32 Å². The first-order valence-electron chi connectivity index (χ1n) is 5.80. The van der Waals surface area contributed by atoms with Crippen molar-refractivity contribution in [2.75, 3.05) is 12.1 Å². The van der Waals surface area contributed by atoms with Crippen LogP contribution < -0.4 is 20.1 Å². The van der Waals surface area contributed by atoms with Crippen LogP contribution in [0.4, 0.5) is 10.5 Å². The lowest BCUT2D eigenvalue weighted by atomic mass is 10.2. The number of amides is 2. The minimum absolute atomic E-state index is 0.155. The van der Waals surface area contributed by atoms with E-state index >= 15 is 0 Å². The second kappa shape index (κ2) is 5.47. The molecule has 1 aliphatic heterocycles. The second-order valence-electron chi connectivity index (χ2n) is 3.97. The number of anilines is 1. The maximum absolute atomic E-state index is 11.6.